The SMILES string of the molecule is CCN1CC(OC)[N+](OC)(c2ccccc2OC)CC1(c1ccccc1)c1ccc(OC)c(OC)c1. The van der Waals surface area contributed by atoms with Crippen LogP contribution in [0.4, 0.5) is 5.69 Å². The van der Waals surface area contributed by atoms with E-state index >= 15 is 0 Å². The van der Waals surface area contributed by atoms with E-state index in [-0.39, 0.29) is 10.9 Å². The van der Waals surface area contributed by atoms with Gasteiger partial charge in [0.25, 0.3) is 0 Å². The molecule has 4 rings (SSSR count). The molecule has 3 atom stereocenters. The Bertz CT molecular complexity index is 1160. The van der Waals surface area contributed by atoms with E-state index < -0.39 is 5.54 Å². The van der Waals surface area contributed by atoms with Gasteiger partial charge in [0.05, 0.1) is 35.0 Å². The highest BCUT2D eigenvalue weighted by atomic mass is 16.7. The molecule has 1 aliphatic heterocycles. The number of likely N-dealkylation sites (N-methyl/N-ethyl adjacent to an activating group) is 1. The van der Waals surface area contributed by atoms with Gasteiger partial charge in [0.2, 0.25) is 11.9 Å². The fraction of sp³-hybridized carbons (Fsp3) is 0.379. The number of quaternary nitrogens is 1. The van der Waals surface area contributed by atoms with E-state index in [0.717, 1.165) is 29.1 Å². The fourth-order valence-corrected chi connectivity index (χ4v) is 5.65. The van der Waals surface area contributed by atoms with Crippen LogP contribution in [-0.2, 0) is 15.1 Å². The standard InChI is InChI=1S/C29H37N2O5/c1-7-30-20-28(35-5)31(36-6,24-15-11-12-16-25(24)32-2)21-29(30,22-13-9-8-10-14-22)23-17-18-26(33-3)27(19-23)34-4/h8-19,28H,7,20-21H2,1-6H3/q+1. The maximum atomic E-state index is 6.45. The van der Waals surface area contributed by atoms with E-state index in [1.807, 2.05) is 30.3 Å². The number of rotatable bonds is 9. The highest BCUT2D eigenvalue weighted by Gasteiger charge is 2.59. The van der Waals surface area contributed by atoms with E-state index in [4.69, 9.17) is 23.8 Å². The van der Waals surface area contributed by atoms with E-state index in [1.54, 1.807) is 35.5 Å². The molecule has 0 bridgehead atoms. The number of methoxy groups -OCH3 is 4. The maximum absolute atomic E-state index is 6.45. The summed E-state index contributed by atoms with van der Waals surface area (Å²) in [5.74, 6) is 2.12. The van der Waals surface area contributed by atoms with Gasteiger partial charge in [-0.15, -0.1) is 4.65 Å². The van der Waals surface area contributed by atoms with Gasteiger partial charge in [-0.25, -0.2) is 0 Å². The molecule has 7 heteroatoms. The van der Waals surface area contributed by atoms with Crippen LogP contribution < -0.4 is 18.9 Å². The van der Waals surface area contributed by atoms with Gasteiger partial charge in [-0.1, -0.05) is 55.5 Å². The second-order valence-corrected chi connectivity index (χ2v) is 8.83. The molecule has 3 aromatic carbocycles. The average Bonchev–Trinajstić information content (AvgIpc) is 2.96. The van der Waals surface area contributed by atoms with Crippen LogP contribution in [-0.4, -0.2) is 66.3 Å². The topological polar surface area (TPSA) is 49.4 Å². The molecule has 0 amide bonds. The molecule has 0 aliphatic carbocycles. The predicted molar refractivity (Wildman–Crippen MR) is 141 cm³/mol. The zero-order valence-electron chi connectivity index (χ0n) is 22.1. The summed E-state index contributed by atoms with van der Waals surface area (Å²) < 4.78 is 23.4. The van der Waals surface area contributed by atoms with Crippen molar-refractivity contribution in [2.24, 2.45) is 0 Å². The summed E-state index contributed by atoms with van der Waals surface area (Å²) in [6.07, 6.45) is -0.289. The third-order valence-corrected chi connectivity index (χ3v) is 7.43. The molecule has 7 nitrogen and oxygen atoms in total. The number of hydrogen-bond acceptors (Lipinski definition) is 6. The number of piperazine rings is 1. The predicted octanol–water partition coefficient (Wildman–Crippen LogP) is 4.83. The third-order valence-electron chi connectivity index (χ3n) is 7.43. The van der Waals surface area contributed by atoms with Crippen LogP contribution in [0, 0.1) is 0 Å². The summed E-state index contributed by atoms with van der Waals surface area (Å²) in [5.41, 5.74) is 2.58. The van der Waals surface area contributed by atoms with E-state index in [1.165, 1.54) is 0 Å². The largest absolute Gasteiger partial charge is 0.493 e. The lowest BCUT2D eigenvalue weighted by molar-refractivity contribution is -0.261. The second-order valence-electron chi connectivity index (χ2n) is 8.83. The molecule has 0 saturated carbocycles. The van der Waals surface area contributed by atoms with Gasteiger partial charge in [-0.2, -0.15) is 4.84 Å². The van der Waals surface area contributed by atoms with Crippen LogP contribution in [0.15, 0.2) is 72.8 Å². The molecule has 1 aliphatic rings. The van der Waals surface area contributed by atoms with E-state index in [2.05, 4.69) is 54.3 Å². The van der Waals surface area contributed by atoms with Crippen LogP contribution in [0.1, 0.15) is 18.1 Å². The lowest BCUT2D eigenvalue weighted by atomic mass is 9.78. The zero-order valence-corrected chi connectivity index (χ0v) is 22.1. The van der Waals surface area contributed by atoms with E-state index in [0.29, 0.717) is 24.6 Å². The van der Waals surface area contributed by atoms with Gasteiger partial charge in [0.15, 0.2) is 17.2 Å². The van der Waals surface area contributed by atoms with Crippen molar-refractivity contribution in [1.82, 2.24) is 9.55 Å². The number of benzene rings is 3. The van der Waals surface area contributed by atoms with Crippen molar-refractivity contribution in [3.63, 3.8) is 0 Å². The minimum absolute atomic E-state index is 0.125. The van der Waals surface area contributed by atoms with Crippen molar-refractivity contribution in [3.05, 3.63) is 83.9 Å². The summed E-state index contributed by atoms with van der Waals surface area (Å²) in [6, 6.07) is 24.7. The van der Waals surface area contributed by atoms with Crippen LogP contribution >= 0.6 is 0 Å². The minimum atomic E-state index is -0.568. The number of hydrogen-bond donors (Lipinski definition) is 0. The van der Waals surface area contributed by atoms with Crippen LogP contribution in [0.3, 0.4) is 0 Å². The molecule has 192 valence electrons. The molecular weight excluding hydrogens is 456 g/mol. The van der Waals surface area contributed by atoms with Crippen LogP contribution in [0.5, 0.6) is 17.2 Å². The van der Waals surface area contributed by atoms with Gasteiger partial charge in [-0.3, -0.25) is 4.90 Å². The highest BCUT2D eigenvalue weighted by molar-refractivity contribution is 5.57. The highest BCUT2D eigenvalue weighted by Crippen LogP contribution is 2.49. The lowest BCUT2D eigenvalue weighted by Gasteiger charge is -2.55. The Morgan fingerprint density at radius 3 is 2.06 bits per heavy atom. The summed E-state index contributed by atoms with van der Waals surface area (Å²) in [4.78, 5) is 8.91. The quantitative estimate of drug-likeness (QED) is 0.398. The number of para-hydroxylation sites is 2. The Kier molecular flexibility index (Phi) is 7.85. The fourth-order valence-electron chi connectivity index (χ4n) is 5.65. The molecule has 0 N–H and O–H groups in total. The Labute approximate surface area is 214 Å². The smallest absolute Gasteiger partial charge is 0.241 e. The molecular formula is C29H37N2O5+. The Morgan fingerprint density at radius 1 is 0.778 bits per heavy atom. The summed E-state index contributed by atoms with van der Waals surface area (Å²) in [6.45, 7) is 4.15. The molecule has 1 saturated heterocycles. The van der Waals surface area contributed by atoms with Crippen molar-refractivity contribution in [1.29, 1.82) is 0 Å². The van der Waals surface area contributed by atoms with E-state index in [9.17, 15) is 0 Å². The summed E-state index contributed by atoms with van der Waals surface area (Å²) in [5, 5.41) is 0. The van der Waals surface area contributed by atoms with Crippen LogP contribution in [0.25, 0.3) is 0 Å². The first kappa shape index (κ1) is 26.0. The van der Waals surface area contributed by atoms with Crippen molar-refractivity contribution in [3.8, 4) is 17.2 Å². The maximum Gasteiger partial charge on any atom is 0.241 e. The minimum Gasteiger partial charge on any atom is -0.493 e. The molecule has 1 fully saturated rings. The monoisotopic (exact) mass is 493 g/mol. The Balaban J connectivity index is 2.04. The number of nitrogens with zero attached hydrogens (tertiary/aromatic N) is 2. The average molecular weight is 494 g/mol. The van der Waals surface area contributed by atoms with Crippen molar-refractivity contribution in [2.45, 2.75) is 18.7 Å². The summed E-state index contributed by atoms with van der Waals surface area (Å²) >= 11 is 0. The molecule has 1 heterocycles. The Morgan fingerprint density at radius 2 is 1.44 bits per heavy atom. The Hall–Kier alpha value is -3.10. The second kappa shape index (κ2) is 10.9. The first-order chi connectivity index (χ1) is 17.5. The van der Waals surface area contributed by atoms with Gasteiger partial charge in [0, 0.05) is 13.2 Å². The number of hydroxylamine groups is 2. The van der Waals surface area contributed by atoms with Gasteiger partial charge < -0.3 is 18.9 Å². The number of ether oxygens (including phenoxy) is 4. The van der Waals surface area contributed by atoms with Gasteiger partial charge in [-0.05, 0) is 35.9 Å². The van der Waals surface area contributed by atoms with Crippen molar-refractivity contribution >= 4 is 5.69 Å². The zero-order chi connectivity index (χ0) is 25.8. The molecule has 0 radical (unpaired) electrons. The third kappa shape index (κ3) is 4.12. The molecule has 0 spiro atoms. The molecule has 3 aromatic rings. The first-order valence-corrected chi connectivity index (χ1v) is 12.2. The molecule has 36 heavy (non-hydrogen) atoms. The van der Waals surface area contributed by atoms with Gasteiger partial charge >= 0.3 is 0 Å². The van der Waals surface area contributed by atoms with Crippen molar-refractivity contribution in [2.75, 3.05) is 55.2 Å². The summed E-state index contributed by atoms with van der Waals surface area (Å²) in [7, 11) is 8.49. The first-order valence-electron chi connectivity index (χ1n) is 12.2. The molecule has 0 aromatic heterocycles. The normalized spacial score (nSPS) is 24.3. The molecule has 3 unspecified atom stereocenters. The van der Waals surface area contributed by atoms with Gasteiger partial charge in [0.1, 0.15) is 12.1 Å². The van der Waals surface area contributed by atoms with Crippen molar-refractivity contribution < 1.29 is 23.8 Å². The van der Waals surface area contributed by atoms with Crippen LogP contribution in [0.2, 0.25) is 0 Å². The lowest BCUT2D eigenvalue weighted by Crippen LogP contribution is -2.74.